The van der Waals surface area contributed by atoms with Crippen molar-refractivity contribution in [3.8, 4) is 0 Å². The smallest absolute Gasteiger partial charge is 0.307 e. The van der Waals surface area contributed by atoms with Gasteiger partial charge >= 0.3 is 5.97 Å². The zero-order valence-corrected chi connectivity index (χ0v) is 7.71. The van der Waals surface area contributed by atoms with E-state index in [0.717, 1.165) is 0 Å². The van der Waals surface area contributed by atoms with E-state index in [1.54, 1.807) is 12.2 Å². The fourth-order valence-corrected chi connectivity index (χ4v) is 3.21. The second kappa shape index (κ2) is 2.48. The molecule has 0 aromatic carbocycles. The van der Waals surface area contributed by atoms with Gasteiger partial charge in [-0.15, -0.1) is 0 Å². The van der Waals surface area contributed by atoms with Gasteiger partial charge in [0.1, 0.15) is 0 Å². The first-order chi connectivity index (χ1) is 7.11. The van der Waals surface area contributed by atoms with Gasteiger partial charge in [0.25, 0.3) is 0 Å². The number of hydrogen-bond donors (Lipinski definition) is 2. The Labute approximate surface area is 85.1 Å². The fraction of sp³-hybridized carbons (Fsp3) is 0.500. The van der Waals surface area contributed by atoms with Gasteiger partial charge in [-0.25, -0.2) is 0 Å². The van der Waals surface area contributed by atoms with E-state index in [9.17, 15) is 14.4 Å². The molecule has 4 unspecified atom stereocenters. The number of carboxylic acids is 1. The molecule has 2 fully saturated rings. The van der Waals surface area contributed by atoms with E-state index in [0.29, 0.717) is 0 Å². The number of aliphatic carboxylic acids is 1. The summed E-state index contributed by atoms with van der Waals surface area (Å²) in [5, 5.41) is 11.3. The molecule has 1 saturated heterocycles. The zero-order chi connectivity index (χ0) is 10.7. The molecule has 1 aliphatic heterocycles. The van der Waals surface area contributed by atoms with Crippen LogP contribution in [-0.4, -0.2) is 22.9 Å². The third-order valence-electron chi connectivity index (χ3n) is 3.74. The van der Waals surface area contributed by atoms with Crippen molar-refractivity contribution in [2.45, 2.75) is 0 Å². The maximum atomic E-state index is 11.5. The van der Waals surface area contributed by atoms with Crippen molar-refractivity contribution in [2.24, 2.45) is 29.6 Å². The Morgan fingerprint density at radius 2 is 1.60 bits per heavy atom. The van der Waals surface area contributed by atoms with E-state index in [1.165, 1.54) is 0 Å². The highest BCUT2D eigenvalue weighted by molar-refractivity contribution is 6.07. The molecule has 3 rings (SSSR count). The third kappa shape index (κ3) is 0.854. The number of carbonyl (C=O) groups is 3. The first-order valence-electron chi connectivity index (χ1n) is 4.87. The standard InChI is InChI=1S/C10H9NO4/c12-8-6-3-1-2-4(5(3)10(14)15)7(6)9(13)11-8/h1-7H,(H,14,15)(H,11,12,13). The summed E-state index contributed by atoms with van der Waals surface area (Å²) in [7, 11) is 0. The van der Waals surface area contributed by atoms with Gasteiger partial charge in [-0.3, -0.25) is 19.7 Å². The Morgan fingerprint density at radius 3 is 2.00 bits per heavy atom. The van der Waals surface area contributed by atoms with Crippen LogP contribution < -0.4 is 5.32 Å². The van der Waals surface area contributed by atoms with Crippen LogP contribution in [0.1, 0.15) is 0 Å². The summed E-state index contributed by atoms with van der Waals surface area (Å²) >= 11 is 0. The van der Waals surface area contributed by atoms with E-state index in [2.05, 4.69) is 5.32 Å². The average molecular weight is 207 g/mol. The summed E-state index contributed by atoms with van der Waals surface area (Å²) in [6, 6.07) is 0. The van der Waals surface area contributed by atoms with Crippen LogP contribution in [0.25, 0.3) is 0 Å². The topological polar surface area (TPSA) is 83.5 Å². The Morgan fingerprint density at radius 1 is 1.13 bits per heavy atom. The first kappa shape index (κ1) is 8.64. The minimum Gasteiger partial charge on any atom is -0.481 e. The lowest BCUT2D eigenvalue weighted by atomic mass is 9.85. The van der Waals surface area contributed by atoms with Crippen LogP contribution in [0.3, 0.4) is 0 Å². The lowest BCUT2D eigenvalue weighted by Gasteiger charge is -2.13. The number of hydrogen-bond acceptors (Lipinski definition) is 3. The Balaban J connectivity index is 2.05. The molecule has 0 spiro atoms. The van der Waals surface area contributed by atoms with Crippen molar-refractivity contribution >= 4 is 17.8 Å². The molecule has 4 atom stereocenters. The molecular weight excluding hydrogens is 198 g/mol. The number of rotatable bonds is 1. The van der Waals surface area contributed by atoms with Gasteiger partial charge in [-0.2, -0.15) is 0 Å². The second-order valence-corrected chi connectivity index (χ2v) is 4.31. The molecule has 5 heteroatoms. The molecule has 78 valence electrons. The largest absolute Gasteiger partial charge is 0.481 e. The van der Waals surface area contributed by atoms with E-state index in [4.69, 9.17) is 5.11 Å². The zero-order valence-electron chi connectivity index (χ0n) is 7.71. The monoisotopic (exact) mass is 207 g/mol. The first-order valence-corrected chi connectivity index (χ1v) is 4.87. The Kier molecular flexibility index (Phi) is 1.43. The van der Waals surface area contributed by atoms with Crippen LogP contribution in [0, 0.1) is 29.6 Å². The van der Waals surface area contributed by atoms with Crippen LogP contribution in [0.5, 0.6) is 0 Å². The van der Waals surface area contributed by atoms with Gasteiger partial charge in [-0.1, -0.05) is 12.2 Å². The van der Waals surface area contributed by atoms with Crippen LogP contribution in [0.2, 0.25) is 0 Å². The molecule has 2 N–H and O–H groups in total. The number of carboxylic acid groups (broad SMARTS) is 1. The summed E-state index contributed by atoms with van der Waals surface area (Å²) in [4.78, 5) is 34.0. The maximum Gasteiger partial charge on any atom is 0.307 e. The normalized spacial score (nSPS) is 45.7. The third-order valence-corrected chi connectivity index (χ3v) is 3.74. The number of allylic oxidation sites excluding steroid dienone is 2. The van der Waals surface area contributed by atoms with Gasteiger partial charge in [-0.05, 0) is 0 Å². The number of imide groups is 1. The Bertz CT molecular complexity index is 384. The molecule has 15 heavy (non-hydrogen) atoms. The van der Waals surface area contributed by atoms with E-state index in [1.807, 2.05) is 0 Å². The van der Waals surface area contributed by atoms with Gasteiger partial charge < -0.3 is 5.11 Å². The lowest BCUT2D eigenvalue weighted by molar-refractivity contribution is -0.143. The van der Waals surface area contributed by atoms with Crippen molar-refractivity contribution in [3.63, 3.8) is 0 Å². The molecular formula is C10H9NO4. The minimum absolute atomic E-state index is 0.302. The second-order valence-electron chi connectivity index (χ2n) is 4.31. The molecule has 5 nitrogen and oxygen atoms in total. The minimum atomic E-state index is -0.912. The van der Waals surface area contributed by atoms with Gasteiger partial charge in [0.2, 0.25) is 11.8 Å². The van der Waals surface area contributed by atoms with Gasteiger partial charge in [0.05, 0.1) is 17.8 Å². The van der Waals surface area contributed by atoms with Crippen LogP contribution in [0.15, 0.2) is 12.2 Å². The molecule has 0 radical (unpaired) electrons. The predicted octanol–water partition coefficient (Wildman–Crippen LogP) is -0.608. The van der Waals surface area contributed by atoms with Crippen molar-refractivity contribution in [1.82, 2.24) is 5.32 Å². The number of carbonyl (C=O) groups excluding carboxylic acids is 2. The van der Waals surface area contributed by atoms with Crippen LogP contribution >= 0.6 is 0 Å². The summed E-state index contributed by atoms with van der Waals surface area (Å²) in [5.74, 6) is -3.63. The SMILES string of the molecule is O=C(O)C1C2C=CC1C1C(=O)NC(=O)C21. The van der Waals surface area contributed by atoms with E-state index >= 15 is 0 Å². The number of nitrogens with one attached hydrogen (secondary N) is 1. The molecule has 2 amide bonds. The predicted molar refractivity (Wildman–Crippen MR) is 47.4 cm³/mol. The van der Waals surface area contributed by atoms with Crippen molar-refractivity contribution in [2.75, 3.05) is 0 Å². The summed E-state index contributed by atoms with van der Waals surface area (Å²) < 4.78 is 0. The van der Waals surface area contributed by atoms with Crippen LogP contribution in [-0.2, 0) is 14.4 Å². The summed E-state index contributed by atoms with van der Waals surface area (Å²) in [6.07, 6.45) is 3.53. The van der Waals surface area contributed by atoms with Gasteiger partial charge in [0, 0.05) is 11.8 Å². The van der Waals surface area contributed by atoms with Crippen molar-refractivity contribution in [1.29, 1.82) is 0 Å². The average Bonchev–Trinajstić information content (AvgIpc) is 2.77. The van der Waals surface area contributed by atoms with Gasteiger partial charge in [0.15, 0.2) is 0 Å². The highest BCUT2D eigenvalue weighted by Gasteiger charge is 2.62. The summed E-state index contributed by atoms with van der Waals surface area (Å²) in [5.41, 5.74) is 0. The molecule has 3 aliphatic rings. The van der Waals surface area contributed by atoms with E-state index in [-0.39, 0.29) is 23.7 Å². The number of fused-ring (bicyclic) bond motifs is 5. The Hall–Kier alpha value is -1.65. The molecule has 2 bridgehead atoms. The fourth-order valence-electron chi connectivity index (χ4n) is 3.21. The van der Waals surface area contributed by atoms with Crippen LogP contribution in [0.4, 0.5) is 0 Å². The van der Waals surface area contributed by atoms with Crippen molar-refractivity contribution in [3.05, 3.63) is 12.2 Å². The van der Waals surface area contributed by atoms with E-state index < -0.39 is 23.7 Å². The molecule has 2 aliphatic carbocycles. The lowest BCUT2D eigenvalue weighted by Crippen LogP contribution is -2.30. The highest BCUT2D eigenvalue weighted by Crippen LogP contribution is 2.54. The van der Waals surface area contributed by atoms with Crippen molar-refractivity contribution < 1.29 is 19.5 Å². The highest BCUT2D eigenvalue weighted by atomic mass is 16.4. The molecule has 1 saturated carbocycles. The number of amides is 2. The summed E-state index contributed by atoms with van der Waals surface area (Å²) in [6.45, 7) is 0. The molecule has 1 heterocycles. The molecule has 0 aromatic rings. The maximum absolute atomic E-state index is 11.5. The molecule has 0 aromatic heterocycles. The quantitative estimate of drug-likeness (QED) is 0.444.